The van der Waals surface area contributed by atoms with Crippen LogP contribution in [-0.4, -0.2) is 28.2 Å². The topological polar surface area (TPSA) is 54.0 Å². The van der Waals surface area contributed by atoms with Crippen molar-refractivity contribution in [1.82, 2.24) is 0 Å². The molecule has 0 saturated heterocycles. The molecule has 0 radical (unpaired) electrons. The summed E-state index contributed by atoms with van der Waals surface area (Å²) >= 11 is 0. The van der Waals surface area contributed by atoms with Crippen LogP contribution in [0.1, 0.15) is 83.1 Å². The summed E-state index contributed by atoms with van der Waals surface area (Å²) in [6.07, 6.45) is 0. The minimum absolute atomic E-state index is 0.130. The molecule has 0 unspecified atom stereocenters. The monoisotopic (exact) mass is 368 g/mol. The minimum Gasteiger partial charge on any atom is -0.480 e. The van der Waals surface area contributed by atoms with Gasteiger partial charge in [-0.2, -0.15) is 0 Å². The fourth-order valence-corrected chi connectivity index (χ4v) is 2.11. The largest absolute Gasteiger partial charge is 0.480 e. The van der Waals surface area contributed by atoms with Crippen LogP contribution in [0.5, 0.6) is 0 Å². The SMILES string of the molecule is CC(C)(C)OC1=C(OC(C)(C)C)C(OC(C)(C)C)=C(OC(C)(C)C)C1=O. The van der Waals surface area contributed by atoms with Crippen molar-refractivity contribution >= 4 is 5.78 Å². The van der Waals surface area contributed by atoms with E-state index in [1.807, 2.05) is 83.1 Å². The van der Waals surface area contributed by atoms with Crippen LogP contribution in [-0.2, 0) is 23.7 Å². The van der Waals surface area contributed by atoms with Gasteiger partial charge in [-0.1, -0.05) is 0 Å². The Bertz CT molecular complexity index is 557. The summed E-state index contributed by atoms with van der Waals surface area (Å²) in [6.45, 7) is 22.8. The van der Waals surface area contributed by atoms with Crippen molar-refractivity contribution in [3.05, 3.63) is 23.0 Å². The molecule has 0 saturated carbocycles. The van der Waals surface area contributed by atoms with E-state index in [0.29, 0.717) is 11.5 Å². The van der Waals surface area contributed by atoms with Crippen LogP contribution in [0.25, 0.3) is 0 Å². The van der Waals surface area contributed by atoms with Gasteiger partial charge in [-0.05, 0) is 83.1 Å². The molecule has 0 fully saturated rings. The maximum absolute atomic E-state index is 13.1. The zero-order valence-corrected chi connectivity index (χ0v) is 18.5. The molecular weight excluding hydrogens is 332 g/mol. The van der Waals surface area contributed by atoms with Crippen molar-refractivity contribution in [2.75, 3.05) is 0 Å². The van der Waals surface area contributed by atoms with Crippen LogP contribution in [0, 0.1) is 0 Å². The van der Waals surface area contributed by atoms with Gasteiger partial charge in [-0.3, -0.25) is 4.79 Å². The number of carbonyl (C=O) groups excluding carboxylic acids is 1. The molecule has 0 heterocycles. The van der Waals surface area contributed by atoms with Crippen LogP contribution in [0.2, 0.25) is 0 Å². The van der Waals surface area contributed by atoms with Crippen LogP contribution in [0.15, 0.2) is 23.0 Å². The molecule has 0 atom stereocenters. The third-order valence-corrected chi connectivity index (χ3v) is 2.66. The van der Waals surface area contributed by atoms with Gasteiger partial charge in [-0.15, -0.1) is 0 Å². The van der Waals surface area contributed by atoms with Gasteiger partial charge in [0.2, 0.25) is 23.0 Å². The Kier molecular flexibility index (Phi) is 5.87. The fourth-order valence-electron chi connectivity index (χ4n) is 2.11. The number of ether oxygens (including phenoxy) is 4. The van der Waals surface area contributed by atoms with Crippen LogP contribution in [0.4, 0.5) is 0 Å². The number of carbonyl (C=O) groups is 1. The molecule has 0 aromatic carbocycles. The first-order chi connectivity index (χ1) is 11.3. The molecule has 0 aromatic heterocycles. The smallest absolute Gasteiger partial charge is 0.270 e. The highest BCUT2D eigenvalue weighted by atomic mass is 16.6. The Morgan fingerprint density at radius 3 is 0.808 bits per heavy atom. The number of hydrogen-bond donors (Lipinski definition) is 0. The first kappa shape index (κ1) is 22.4. The molecule has 5 heteroatoms. The highest BCUT2D eigenvalue weighted by Crippen LogP contribution is 2.40. The van der Waals surface area contributed by atoms with E-state index in [-0.39, 0.29) is 17.3 Å². The molecule has 1 rings (SSSR count). The lowest BCUT2D eigenvalue weighted by molar-refractivity contribution is -0.123. The first-order valence-corrected chi connectivity index (χ1v) is 9.09. The first-order valence-electron chi connectivity index (χ1n) is 9.09. The third kappa shape index (κ3) is 6.93. The van der Waals surface area contributed by atoms with Crippen molar-refractivity contribution in [2.45, 2.75) is 105 Å². The van der Waals surface area contributed by atoms with Crippen molar-refractivity contribution in [1.29, 1.82) is 0 Å². The molecule has 0 spiro atoms. The molecule has 26 heavy (non-hydrogen) atoms. The molecule has 150 valence electrons. The summed E-state index contributed by atoms with van der Waals surface area (Å²) in [4.78, 5) is 13.1. The van der Waals surface area contributed by atoms with E-state index >= 15 is 0 Å². The second-order valence-electron chi connectivity index (χ2n) is 10.5. The van der Waals surface area contributed by atoms with E-state index in [4.69, 9.17) is 18.9 Å². The molecule has 1 aliphatic rings. The molecular formula is C21H36O5. The summed E-state index contributed by atoms with van der Waals surface area (Å²) in [7, 11) is 0. The highest BCUT2D eigenvalue weighted by molar-refractivity contribution is 6.10. The van der Waals surface area contributed by atoms with Crippen LogP contribution in [0.3, 0.4) is 0 Å². The minimum atomic E-state index is -0.568. The van der Waals surface area contributed by atoms with Crippen molar-refractivity contribution in [3.63, 3.8) is 0 Å². The summed E-state index contributed by atoms with van der Waals surface area (Å²) < 4.78 is 24.1. The second-order valence-corrected chi connectivity index (χ2v) is 10.5. The standard InChI is InChI=1S/C21H36O5/c1-18(2,3)23-14-13(22)15(24-19(4,5)6)17(26-21(10,11)12)16(14)25-20(7,8)9/h1-12H3. The number of rotatable bonds is 4. The molecule has 0 amide bonds. The number of ketones is 1. The van der Waals surface area contributed by atoms with Gasteiger partial charge < -0.3 is 18.9 Å². The van der Waals surface area contributed by atoms with Crippen LogP contribution >= 0.6 is 0 Å². The molecule has 1 aliphatic carbocycles. The molecule has 0 N–H and O–H groups in total. The van der Waals surface area contributed by atoms with Crippen LogP contribution < -0.4 is 0 Å². The maximum Gasteiger partial charge on any atom is 0.270 e. The summed E-state index contributed by atoms with van der Waals surface area (Å²) in [6, 6.07) is 0. The molecule has 0 aromatic rings. The predicted octanol–water partition coefficient (Wildman–Crippen LogP) is 5.25. The van der Waals surface area contributed by atoms with E-state index in [2.05, 4.69) is 0 Å². The normalized spacial score (nSPS) is 17.0. The van der Waals surface area contributed by atoms with E-state index in [0.717, 1.165) is 0 Å². The fraction of sp³-hybridized carbons (Fsp3) is 0.762. The lowest BCUT2D eigenvalue weighted by Gasteiger charge is -2.29. The number of hydrogen-bond acceptors (Lipinski definition) is 5. The lowest BCUT2D eigenvalue weighted by Crippen LogP contribution is -2.26. The van der Waals surface area contributed by atoms with Gasteiger partial charge in [0.25, 0.3) is 5.78 Å². The van der Waals surface area contributed by atoms with Crippen molar-refractivity contribution < 1.29 is 23.7 Å². The number of Topliss-reactive ketones (excluding diaryl/α,β-unsaturated/α-hetero) is 1. The lowest BCUT2D eigenvalue weighted by atomic mass is 10.1. The maximum atomic E-state index is 13.1. The van der Waals surface area contributed by atoms with E-state index in [9.17, 15) is 4.79 Å². The average Bonchev–Trinajstić information content (AvgIpc) is 2.49. The Morgan fingerprint density at radius 1 is 0.423 bits per heavy atom. The quantitative estimate of drug-likeness (QED) is 0.678. The Labute approximate surface area is 158 Å². The predicted molar refractivity (Wildman–Crippen MR) is 102 cm³/mol. The zero-order chi connectivity index (χ0) is 20.7. The highest BCUT2D eigenvalue weighted by Gasteiger charge is 2.44. The van der Waals surface area contributed by atoms with Gasteiger partial charge in [0.15, 0.2) is 0 Å². The summed E-state index contributed by atoms with van der Waals surface area (Å²) in [5.41, 5.74) is -2.21. The Balaban J connectivity index is 3.56. The summed E-state index contributed by atoms with van der Waals surface area (Å²) in [5.74, 6) is 0.503. The zero-order valence-electron chi connectivity index (χ0n) is 18.5. The Hall–Kier alpha value is -1.65. The van der Waals surface area contributed by atoms with Crippen molar-refractivity contribution in [2.24, 2.45) is 0 Å². The van der Waals surface area contributed by atoms with Gasteiger partial charge in [0, 0.05) is 0 Å². The van der Waals surface area contributed by atoms with E-state index in [1.165, 1.54) is 0 Å². The summed E-state index contributed by atoms with van der Waals surface area (Å²) in [5, 5.41) is 0. The molecule has 0 aliphatic heterocycles. The van der Waals surface area contributed by atoms with E-state index < -0.39 is 22.4 Å². The second kappa shape index (κ2) is 6.82. The van der Waals surface area contributed by atoms with Gasteiger partial charge in [-0.25, -0.2) is 0 Å². The molecule has 5 nitrogen and oxygen atoms in total. The Morgan fingerprint density at radius 2 is 0.615 bits per heavy atom. The van der Waals surface area contributed by atoms with Gasteiger partial charge in [0.1, 0.15) is 22.4 Å². The van der Waals surface area contributed by atoms with Gasteiger partial charge in [0.05, 0.1) is 0 Å². The molecule has 0 bridgehead atoms. The van der Waals surface area contributed by atoms with E-state index in [1.54, 1.807) is 0 Å². The van der Waals surface area contributed by atoms with Crippen molar-refractivity contribution in [3.8, 4) is 0 Å². The average molecular weight is 369 g/mol. The third-order valence-electron chi connectivity index (χ3n) is 2.66. The van der Waals surface area contributed by atoms with Gasteiger partial charge >= 0.3 is 0 Å².